The maximum atomic E-state index is 11.8. The summed E-state index contributed by atoms with van der Waals surface area (Å²) in [5.41, 5.74) is 3.18. The first-order valence-corrected chi connectivity index (χ1v) is 12.2. The van der Waals surface area contributed by atoms with Crippen molar-refractivity contribution in [1.29, 1.82) is 0 Å². The Morgan fingerprint density at radius 1 is 1.15 bits per heavy atom. The number of anilines is 1. The van der Waals surface area contributed by atoms with Gasteiger partial charge in [-0.05, 0) is 63.2 Å². The Morgan fingerprint density at radius 2 is 1.91 bits per heavy atom. The van der Waals surface area contributed by atoms with Crippen molar-refractivity contribution in [2.45, 2.75) is 46.1 Å². The van der Waals surface area contributed by atoms with Gasteiger partial charge in [-0.25, -0.2) is 14.8 Å². The lowest BCUT2D eigenvalue weighted by Crippen LogP contribution is -2.38. The summed E-state index contributed by atoms with van der Waals surface area (Å²) in [6.07, 6.45) is 9.89. The Morgan fingerprint density at radius 3 is 2.64 bits per heavy atom. The van der Waals surface area contributed by atoms with Crippen molar-refractivity contribution in [3.63, 3.8) is 0 Å². The van der Waals surface area contributed by atoms with Crippen LogP contribution in [0.4, 0.5) is 5.95 Å². The molecule has 0 aliphatic carbocycles. The van der Waals surface area contributed by atoms with E-state index in [1.807, 2.05) is 0 Å². The van der Waals surface area contributed by atoms with Crippen LogP contribution in [0.5, 0.6) is 0 Å². The van der Waals surface area contributed by atoms with Crippen molar-refractivity contribution in [2.75, 3.05) is 37.7 Å². The highest BCUT2D eigenvalue weighted by molar-refractivity contribution is 5.88. The Bertz CT molecular complexity index is 1040. The van der Waals surface area contributed by atoms with Gasteiger partial charge in [0.05, 0.1) is 12.2 Å². The molecule has 1 fully saturated rings. The lowest BCUT2D eigenvalue weighted by molar-refractivity contribution is 0.0525. The number of carbonyl (C=O) groups is 1. The zero-order valence-corrected chi connectivity index (χ0v) is 19.8. The Hall–Kier alpha value is -2.93. The molecule has 1 aliphatic heterocycles. The third-order valence-corrected chi connectivity index (χ3v) is 6.39. The van der Waals surface area contributed by atoms with Gasteiger partial charge >= 0.3 is 5.97 Å². The second kappa shape index (κ2) is 11.3. The Kier molecular flexibility index (Phi) is 7.94. The van der Waals surface area contributed by atoms with E-state index in [1.165, 1.54) is 16.5 Å². The molecule has 33 heavy (non-hydrogen) atoms. The van der Waals surface area contributed by atoms with Crippen LogP contribution in [0.25, 0.3) is 10.9 Å². The van der Waals surface area contributed by atoms with E-state index in [4.69, 9.17) is 4.74 Å². The van der Waals surface area contributed by atoms with E-state index in [9.17, 15) is 4.79 Å². The number of aryl methyl sites for hydroxylation is 1. The van der Waals surface area contributed by atoms with E-state index in [1.54, 1.807) is 19.3 Å². The first-order chi connectivity index (χ1) is 16.2. The van der Waals surface area contributed by atoms with Crippen LogP contribution < -0.4 is 10.2 Å². The predicted molar refractivity (Wildman–Crippen MR) is 132 cm³/mol. The normalized spacial score (nSPS) is 14.7. The number of nitrogens with one attached hydrogen (secondary N) is 1. The average Bonchev–Trinajstić information content (AvgIpc) is 3.20. The van der Waals surface area contributed by atoms with Crippen molar-refractivity contribution in [1.82, 2.24) is 19.9 Å². The van der Waals surface area contributed by atoms with Gasteiger partial charge in [0.1, 0.15) is 0 Å². The monoisotopic (exact) mass is 449 g/mol. The van der Waals surface area contributed by atoms with Crippen LogP contribution >= 0.6 is 0 Å². The van der Waals surface area contributed by atoms with Crippen molar-refractivity contribution < 1.29 is 9.53 Å². The Labute approximate surface area is 196 Å². The van der Waals surface area contributed by atoms with E-state index in [2.05, 4.69) is 62.1 Å². The molecule has 2 aromatic heterocycles. The van der Waals surface area contributed by atoms with Crippen molar-refractivity contribution >= 4 is 22.8 Å². The quantitative estimate of drug-likeness (QED) is 0.372. The fraction of sp³-hybridized carbons (Fsp3) is 0.500. The van der Waals surface area contributed by atoms with Gasteiger partial charge in [-0.15, -0.1) is 0 Å². The summed E-state index contributed by atoms with van der Waals surface area (Å²) < 4.78 is 7.39. The number of piperidine rings is 1. The summed E-state index contributed by atoms with van der Waals surface area (Å²) in [6.45, 7) is 9.37. The summed E-state index contributed by atoms with van der Waals surface area (Å²) in [5.74, 6) is 0.989. The minimum atomic E-state index is -0.372. The summed E-state index contributed by atoms with van der Waals surface area (Å²) >= 11 is 0. The van der Waals surface area contributed by atoms with Gasteiger partial charge in [0, 0.05) is 49.1 Å². The van der Waals surface area contributed by atoms with Gasteiger partial charge in [0.2, 0.25) is 5.95 Å². The van der Waals surface area contributed by atoms with Crippen molar-refractivity contribution in [2.24, 2.45) is 5.92 Å². The third-order valence-electron chi connectivity index (χ3n) is 6.39. The highest BCUT2D eigenvalue weighted by Gasteiger charge is 2.21. The van der Waals surface area contributed by atoms with Crippen LogP contribution in [0, 0.1) is 5.92 Å². The maximum absolute atomic E-state index is 11.8. The largest absolute Gasteiger partial charge is 0.462 e. The summed E-state index contributed by atoms with van der Waals surface area (Å²) in [7, 11) is 0. The lowest BCUT2D eigenvalue weighted by Gasteiger charge is -2.32. The number of hydrogen-bond donors (Lipinski definition) is 1. The molecule has 1 aromatic carbocycles. The first-order valence-electron chi connectivity index (χ1n) is 12.2. The summed E-state index contributed by atoms with van der Waals surface area (Å²) in [4.78, 5) is 22.7. The number of esters is 1. The zero-order chi connectivity index (χ0) is 23.0. The second-order valence-electron chi connectivity index (χ2n) is 8.74. The lowest BCUT2D eigenvalue weighted by atomic mass is 9.97. The SMILES string of the molecule is CCCn1cc(CCNCC2CCN(c3ncc(C(=O)OCC)cn3)CC2)c2ccccc21. The van der Waals surface area contributed by atoms with Crippen LogP contribution in [-0.2, 0) is 17.7 Å². The molecule has 1 saturated heterocycles. The fourth-order valence-corrected chi connectivity index (χ4v) is 4.62. The second-order valence-corrected chi connectivity index (χ2v) is 8.74. The maximum Gasteiger partial charge on any atom is 0.341 e. The number of para-hydroxylation sites is 1. The smallest absolute Gasteiger partial charge is 0.341 e. The molecule has 0 spiro atoms. The van der Waals surface area contributed by atoms with Gasteiger partial charge in [-0.1, -0.05) is 25.1 Å². The van der Waals surface area contributed by atoms with E-state index in [0.29, 0.717) is 24.0 Å². The molecule has 1 N–H and O–H groups in total. The fourth-order valence-electron chi connectivity index (χ4n) is 4.62. The highest BCUT2D eigenvalue weighted by Crippen LogP contribution is 2.23. The Balaban J connectivity index is 1.21. The molecule has 3 heterocycles. The molecule has 7 heteroatoms. The first kappa shape index (κ1) is 23.2. The molecule has 3 aromatic rings. The van der Waals surface area contributed by atoms with E-state index >= 15 is 0 Å². The number of rotatable bonds is 10. The molecular formula is C26H35N5O2. The highest BCUT2D eigenvalue weighted by atomic mass is 16.5. The van der Waals surface area contributed by atoms with E-state index in [-0.39, 0.29) is 5.97 Å². The van der Waals surface area contributed by atoms with Crippen LogP contribution in [0.3, 0.4) is 0 Å². The minimum Gasteiger partial charge on any atom is -0.462 e. The molecule has 4 rings (SSSR count). The molecule has 0 radical (unpaired) electrons. The molecule has 0 bridgehead atoms. The number of nitrogens with zero attached hydrogens (tertiary/aromatic N) is 4. The number of benzene rings is 1. The molecule has 7 nitrogen and oxygen atoms in total. The predicted octanol–water partition coefficient (Wildman–Crippen LogP) is 4.07. The third kappa shape index (κ3) is 5.71. The van der Waals surface area contributed by atoms with Gasteiger partial charge in [0.25, 0.3) is 0 Å². The molecular weight excluding hydrogens is 414 g/mol. The van der Waals surface area contributed by atoms with Crippen LogP contribution in [0.15, 0.2) is 42.9 Å². The molecule has 176 valence electrons. The summed E-state index contributed by atoms with van der Waals surface area (Å²) in [5, 5.41) is 5.07. The van der Waals surface area contributed by atoms with E-state index < -0.39 is 0 Å². The topological polar surface area (TPSA) is 72.3 Å². The van der Waals surface area contributed by atoms with Gasteiger partial charge < -0.3 is 19.5 Å². The van der Waals surface area contributed by atoms with Crippen molar-refractivity contribution in [3.8, 4) is 0 Å². The van der Waals surface area contributed by atoms with Crippen LogP contribution in [-0.4, -0.2) is 53.3 Å². The molecule has 0 amide bonds. The van der Waals surface area contributed by atoms with Gasteiger partial charge in [-0.2, -0.15) is 0 Å². The van der Waals surface area contributed by atoms with E-state index in [0.717, 1.165) is 58.4 Å². The number of hydrogen-bond acceptors (Lipinski definition) is 6. The summed E-state index contributed by atoms with van der Waals surface area (Å²) in [6, 6.07) is 8.73. The van der Waals surface area contributed by atoms with Crippen LogP contribution in [0.2, 0.25) is 0 Å². The standard InChI is InChI=1S/C26H35N5O2/c1-3-13-31-19-21(23-7-5-6-8-24(23)31)9-12-27-16-20-10-14-30(15-11-20)26-28-17-22(18-29-26)25(32)33-4-2/h5-8,17-20,27H,3-4,9-16H2,1-2H3. The molecule has 0 saturated carbocycles. The number of aromatic nitrogens is 3. The molecule has 1 aliphatic rings. The average molecular weight is 450 g/mol. The minimum absolute atomic E-state index is 0.352. The van der Waals surface area contributed by atoms with Gasteiger partial charge in [0.15, 0.2) is 0 Å². The zero-order valence-electron chi connectivity index (χ0n) is 19.8. The van der Waals surface area contributed by atoms with Crippen LogP contribution in [0.1, 0.15) is 49.0 Å². The van der Waals surface area contributed by atoms with Gasteiger partial charge in [-0.3, -0.25) is 0 Å². The van der Waals surface area contributed by atoms with Crippen molar-refractivity contribution in [3.05, 3.63) is 54.0 Å². The number of fused-ring (bicyclic) bond motifs is 1. The molecule has 0 atom stereocenters. The number of ether oxygens (including phenoxy) is 1. The molecule has 0 unspecified atom stereocenters. The number of carbonyl (C=O) groups excluding carboxylic acids is 1.